The molecule has 2 aromatic carbocycles. The summed E-state index contributed by atoms with van der Waals surface area (Å²) in [6.45, 7) is 4.06. The maximum atomic E-state index is 12.9. The minimum atomic E-state index is -0.266. The highest BCUT2D eigenvalue weighted by Crippen LogP contribution is 2.21. The normalized spacial score (nSPS) is 13.8. The van der Waals surface area contributed by atoms with Gasteiger partial charge < -0.3 is 15.5 Å². The zero-order valence-corrected chi connectivity index (χ0v) is 17.4. The van der Waals surface area contributed by atoms with Crippen LogP contribution in [0.3, 0.4) is 0 Å². The van der Waals surface area contributed by atoms with Crippen LogP contribution in [0.5, 0.6) is 0 Å². The monoisotopic (exact) mass is 415 g/mol. The summed E-state index contributed by atoms with van der Waals surface area (Å²) >= 11 is 1.87. The summed E-state index contributed by atoms with van der Waals surface area (Å²) in [6.07, 6.45) is 0.642. The highest BCUT2D eigenvalue weighted by molar-refractivity contribution is 7.99. The Hall–Kier alpha value is -2.54. The van der Waals surface area contributed by atoms with Gasteiger partial charge in [-0.1, -0.05) is 18.2 Å². The number of hydrogen-bond donors (Lipinski definition) is 2. The van der Waals surface area contributed by atoms with E-state index >= 15 is 0 Å². The van der Waals surface area contributed by atoms with Crippen LogP contribution in [0.15, 0.2) is 42.5 Å². The molecule has 0 aromatic heterocycles. The first-order valence-corrected chi connectivity index (χ1v) is 10.9. The second kappa shape index (κ2) is 10.3. The van der Waals surface area contributed by atoms with E-state index in [0.29, 0.717) is 18.5 Å². The number of anilines is 1. The van der Waals surface area contributed by atoms with E-state index in [1.54, 1.807) is 12.1 Å². The third-order valence-electron chi connectivity index (χ3n) is 4.95. The number of nitrogens with zero attached hydrogens (tertiary/aromatic N) is 1. The highest BCUT2D eigenvalue weighted by Gasteiger charge is 2.20. The van der Waals surface area contributed by atoms with Gasteiger partial charge in [-0.2, -0.15) is 11.8 Å². The van der Waals surface area contributed by atoms with Gasteiger partial charge in [0.25, 0.3) is 5.91 Å². The molecule has 2 aromatic rings. The lowest BCUT2D eigenvalue weighted by atomic mass is 10.1. The highest BCUT2D eigenvalue weighted by atomic mass is 32.2. The fourth-order valence-electron chi connectivity index (χ4n) is 3.23. The van der Waals surface area contributed by atoms with Crippen LogP contribution in [0.1, 0.15) is 21.5 Å². The molecule has 1 fully saturated rings. The van der Waals surface area contributed by atoms with Crippen molar-refractivity contribution in [3.05, 3.63) is 65.0 Å². The van der Waals surface area contributed by atoms with Gasteiger partial charge in [-0.25, -0.2) is 4.39 Å². The summed E-state index contributed by atoms with van der Waals surface area (Å²) in [5.41, 5.74) is 3.29. The second-order valence-corrected chi connectivity index (χ2v) is 8.19. The Morgan fingerprint density at radius 2 is 1.83 bits per heavy atom. The Balaban J connectivity index is 1.50. The molecule has 1 heterocycles. The topological polar surface area (TPSA) is 61.4 Å². The minimum absolute atomic E-state index is 0.0511. The van der Waals surface area contributed by atoms with Crippen molar-refractivity contribution in [1.29, 1.82) is 0 Å². The maximum Gasteiger partial charge on any atom is 0.254 e. The molecular weight excluding hydrogens is 389 g/mol. The number of amides is 2. The van der Waals surface area contributed by atoms with Gasteiger partial charge in [0.05, 0.1) is 6.54 Å². The summed E-state index contributed by atoms with van der Waals surface area (Å²) in [5, 5.41) is 5.98. The molecule has 0 saturated carbocycles. The van der Waals surface area contributed by atoms with Crippen molar-refractivity contribution in [3.8, 4) is 0 Å². The minimum Gasteiger partial charge on any atom is -0.376 e. The van der Waals surface area contributed by atoms with Crippen molar-refractivity contribution in [2.24, 2.45) is 0 Å². The third-order valence-corrected chi connectivity index (χ3v) is 5.89. The lowest BCUT2D eigenvalue weighted by molar-refractivity contribution is -0.119. The van der Waals surface area contributed by atoms with E-state index in [0.717, 1.165) is 41.4 Å². The zero-order chi connectivity index (χ0) is 20.6. The molecule has 154 valence electrons. The standard InChI is InChI=1S/C22H26FN3O2S/c1-16-19(22(28)26-11-13-29-14-12-26)3-2-4-20(16)25-15-21(27)24-10-9-17-5-7-18(23)8-6-17/h2-8,25H,9-15H2,1H3,(H,24,27). The van der Waals surface area contributed by atoms with Gasteiger partial charge in [0, 0.05) is 42.4 Å². The molecule has 1 aliphatic rings. The van der Waals surface area contributed by atoms with Crippen molar-refractivity contribution in [2.75, 3.05) is 43.0 Å². The molecule has 2 N–H and O–H groups in total. The van der Waals surface area contributed by atoms with Gasteiger partial charge in [0.2, 0.25) is 5.91 Å². The van der Waals surface area contributed by atoms with E-state index in [9.17, 15) is 14.0 Å². The first kappa shape index (κ1) is 21.2. The third kappa shape index (κ3) is 5.97. The summed E-state index contributed by atoms with van der Waals surface area (Å²) in [4.78, 5) is 26.8. The van der Waals surface area contributed by atoms with Crippen LogP contribution in [-0.4, -0.2) is 54.4 Å². The molecule has 0 bridgehead atoms. The van der Waals surface area contributed by atoms with Gasteiger partial charge in [0.15, 0.2) is 0 Å². The molecule has 7 heteroatoms. The Bertz CT molecular complexity index is 852. The number of carbonyl (C=O) groups excluding carboxylic acids is 2. The first-order chi connectivity index (χ1) is 14.0. The fraction of sp³-hybridized carbons (Fsp3) is 0.364. The summed E-state index contributed by atoms with van der Waals surface area (Å²) in [6, 6.07) is 11.8. The molecular formula is C22H26FN3O2S. The number of rotatable bonds is 7. The van der Waals surface area contributed by atoms with E-state index in [1.165, 1.54) is 12.1 Å². The Morgan fingerprint density at radius 3 is 2.55 bits per heavy atom. The van der Waals surface area contributed by atoms with Crippen LogP contribution in [0.4, 0.5) is 10.1 Å². The van der Waals surface area contributed by atoms with E-state index < -0.39 is 0 Å². The molecule has 0 aliphatic carbocycles. The average molecular weight is 416 g/mol. The largest absolute Gasteiger partial charge is 0.376 e. The van der Waals surface area contributed by atoms with Gasteiger partial charge in [-0.15, -0.1) is 0 Å². The number of carbonyl (C=O) groups is 2. The molecule has 0 spiro atoms. The van der Waals surface area contributed by atoms with E-state index in [1.807, 2.05) is 41.8 Å². The first-order valence-electron chi connectivity index (χ1n) is 9.76. The Morgan fingerprint density at radius 1 is 1.10 bits per heavy atom. The molecule has 0 unspecified atom stereocenters. The second-order valence-electron chi connectivity index (χ2n) is 6.96. The van der Waals surface area contributed by atoms with Crippen LogP contribution in [0.2, 0.25) is 0 Å². The van der Waals surface area contributed by atoms with E-state index in [4.69, 9.17) is 0 Å². The molecule has 1 aliphatic heterocycles. The molecule has 0 radical (unpaired) electrons. The quantitative estimate of drug-likeness (QED) is 0.730. The zero-order valence-electron chi connectivity index (χ0n) is 16.5. The van der Waals surface area contributed by atoms with Crippen LogP contribution in [0.25, 0.3) is 0 Å². The molecule has 1 saturated heterocycles. The number of nitrogens with one attached hydrogen (secondary N) is 2. The smallest absolute Gasteiger partial charge is 0.254 e. The summed E-state index contributed by atoms with van der Waals surface area (Å²) in [5.74, 6) is 1.60. The van der Waals surface area contributed by atoms with Crippen LogP contribution >= 0.6 is 11.8 Å². The van der Waals surface area contributed by atoms with E-state index in [2.05, 4.69) is 10.6 Å². The summed E-state index contributed by atoms with van der Waals surface area (Å²) < 4.78 is 12.9. The van der Waals surface area contributed by atoms with Gasteiger partial charge in [-0.05, 0) is 48.7 Å². The predicted molar refractivity (Wildman–Crippen MR) is 116 cm³/mol. The lowest BCUT2D eigenvalue weighted by Crippen LogP contribution is -2.38. The van der Waals surface area contributed by atoms with Crippen LogP contribution < -0.4 is 10.6 Å². The predicted octanol–water partition coefficient (Wildman–Crippen LogP) is 3.09. The van der Waals surface area contributed by atoms with Gasteiger partial charge >= 0.3 is 0 Å². The van der Waals surface area contributed by atoms with Gasteiger partial charge in [0.1, 0.15) is 5.82 Å². The SMILES string of the molecule is Cc1c(NCC(=O)NCCc2ccc(F)cc2)cccc1C(=O)N1CCSCC1. The number of benzene rings is 2. The van der Waals surface area contributed by atoms with Crippen molar-refractivity contribution in [2.45, 2.75) is 13.3 Å². The Kier molecular flexibility index (Phi) is 7.52. The van der Waals surface area contributed by atoms with Gasteiger partial charge in [-0.3, -0.25) is 9.59 Å². The van der Waals surface area contributed by atoms with Crippen LogP contribution in [-0.2, 0) is 11.2 Å². The summed E-state index contributed by atoms with van der Waals surface area (Å²) in [7, 11) is 0. The van der Waals surface area contributed by atoms with Crippen LogP contribution in [0, 0.1) is 12.7 Å². The molecule has 29 heavy (non-hydrogen) atoms. The average Bonchev–Trinajstić information content (AvgIpc) is 2.74. The molecule has 2 amide bonds. The maximum absolute atomic E-state index is 12.9. The van der Waals surface area contributed by atoms with Crippen molar-refractivity contribution in [3.63, 3.8) is 0 Å². The number of hydrogen-bond acceptors (Lipinski definition) is 4. The fourth-order valence-corrected chi connectivity index (χ4v) is 4.13. The van der Waals surface area contributed by atoms with E-state index in [-0.39, 0.29) is 24.2 Å². The Labute approximate surface area is 175 Å². The molecule has 5 nitrogen and oxygen atoms in total. The number of thioether (sulfide) groups is 1. The number of halogens is 1. The van der Waals surface area contributed by atoms with Crippen molar-refractivity contribution < 1.29 is 14.0 Å². The molecule has 3 rings (SSSR count). The van der Waals surface area contributed by atoms with Crippen molar-refractivity contribution >= 4 is 29.3 Å². The van der Waals surface area contributed by atoms with Crippen molar-refractivity contribution in [1.82, 2.24) is 10.2 Å². The lowest BCUT2D eigenvalue weighted by Gasteiger charge is -2.27. The molecule has 0 atom stereocenters.